The predicted octanol–water partition coefficient (Wildman–Crippen LogP) is 0.668. The van der Waals surface area contributed by atoms with Crippen LogP contribution in [-0.4, -0.2) is 45.6 Å². The van der Waals surface area contributed by atoms with Crippen LogP contribution in [0.4, 0.5) is 0 Å². The largest absolute Gasteiger partial charge is 0.492 e. The topological polar surface area (TPSA) is 99.1 Å². The molecular formula is C13H16O7S. The lowest BCUT2D eigenvalue weighted by molar-refractivity contribution is 0.0598. The molecule has 0 aromatic heterocycles. The minimum Gasteiger partial charge on any atom is -0.492 e. The maximum atomic E-state index is 11.8. The van der Waals surface area contributed by atoms with Crippen LogP contribution in [0.25, 0.3) is 0 Å². The van der Waals surface area contributed by atoms with Gasteiger partial charge in [-0.2, -0.15) is 8.42 Å². The highest BCUT2D eigenvalue weighted by atomic mass is 32.2. The second-order valence-electron chi connectivity index (χ2n) is 4.82. The molecule has 1 aromatic carbocycles. The van der Waals surface area contributed by atoms with E-state index in [0.717, 1.165) is 6.26 Å². The Kier molecular flexibility index (Phi) is 4.11. The van der Waals surface area contributed by atoms with Crippen LogP contribution in [0.5, 0.6) is 11.5 Å². The molecule has 0 aliphatic carbocycles. The van der Waals surface area contributed by atoms with Crippen LogP contribution >= 0.6 is 0 Å². The zero-order valence-electron chi connectivity index (χ0n) is 11.8. The number of fused-ring (bicyclic) bond motifs is 1. The van der Waals surface area contributed by atoms with Crippen molar-refractivity contribution in [1.82, 2.24) is 0 Å². The van der Waals surface area contributed by atoms with Gasteiger partial charge in [-0.3, -0.25) is 0 Å². The number of aliphatic hydroxyl groups is 1. The average molecular weight is 316 g/mol. The molecule has 1 aliphatic heterocycles. The fraction of sp³-hybridized carbons (Fsp3) is 0.462. The van der Waals surface area contributed by atoms with Gasteiger partial charge in [-0.1, -0.05) is 0 Å². The molecule has 7 nitrogen and oxygen atoms in total. The molecule has 8 heteroatoms. The average Bonchev–Trinajstić information content (AvgIpc) is 2.77. The van der Waals surface area contributed by atoms with Crippen LogP contribution in [0.2, 0.25) is 0 Å². The summed E-state index contributed by atoms with van der Waals surface area (Å²) in [5, 5.41) is 9.72. The quantitative estimate of drug-likeness (QED) is 0.643. The van der Waals surface area contributed by atoms with Gasteiger partial charge in [-0.15, -0.1) is 0 Å². The minimum atomic E-state index is -3.80. The van der Waals surface area contributed by atoms with Crippen LogP contribution in [0.1, 0.15) is 28.8 Å². The Bertz CT molecular complexity index is 663. The molecule has 1 aromatic rings. The molecule has 2 unspecified atom stereocenters. The summed E-state index contributed by atoms with van der Waals surface area (Å²) in [5.41, 5.74) is 0.587. The Morgan fingerprint density at radius 3 is 2.67 bits per heavy atom. The van der Waals surface area contributed by atoms with Gasteiger partial charge in [0, 0.05) is 17.5 Å². The van der Waals surface area contributed by atoms with Crippen molar-refractivity contribution in [2.75, 3.05) is 20.0 Å². The van der Waals surface area contributed by atoms with Crippen molar-refractivity contribution in [2.45, 2.75) is 18.9 Å². The number of carbonyl (C=O) groups is 1. The summed E-state index contributed by atoms with van der Waals surface area (Å²) in [7, 11) is -2.62. The maximum Gasteiger partial charge on any atom is 0.341 e. The highest BCUT2D eigenvalue weighted by Gasteiger charge is 2.31. The lowest BCUT2D eigenvalue weighted by atomic mass is 9.94. The second kappa shape index (κ2) is 5.53. The lowest BCUT2D eigenvalue weighted by Gasteiger charge is -2.14. The van der Waals surface area contributed by atoms with Crippen LogP contribution < -0.4 is 8.92 Å². The van der Waals surface area contributed by atoms with E-state index in [0.29, 0.717) is 11.3 Å². The maximum absolute atomic E-state index is 11.8. The lowest BCUT2D eigenvalue weighted by Crippen LogP contribution is -2.16. The molecule has 21 heavy (non-hydrogen) atoms. The van der Waals surface area contributed by atoms with E-state index in [-0.39, 0.29) is 23.8 Å². The standard InChI is InChI=1S/C13H16O7S/c1-7(14)10-6-19-11-5-12(20-21(3,16)17)9(4-8(10)11)13(15)18-2/h4-5,7,10,14H,6H2,1-3H3. The summed E-state index contributed by atoms with van der Waals surface area (Å²) >= 11 is 0. The van der Waals surface area contributed by atoms with E-state index in [1.807, 2.05) is 0 Å². The highest BCUT2D eigenvalue weighted by Crippen LogP contribution is 2.40. The van der Waals surface area contributed by atoms with Crippen LogP contribution in [-0.2, 0) is 14.9 Å². The van der Waals surface area contributed by atoms with E-state index < -0.39 is 22.2 Å². The molecule has 0 saturated heterocycles. The number of ether oxygens (including phenoxy) is 2. The van der Waals surface area contributed by atoms with Crippen molar-refractivity contribution in [2.24, 2.45) is 0 Å². The van der Waals surface area contributed by atoms with Crippen molar-refractivity contribution in [3.8, 4) is 11.5 Å². The van der Waals surface area contributed by atoms with E-state index in [1.165, 1.54) is 19.2 Å². The minimum absolute atomic E-state index is 0.0298. The third kappa shape index (κ3) is 3.27. The van der Waals surface area contributed by atoms with Crippen LogP contribution in [0.3, 0.4) is 0 Å². The van der Waals surface area contributed by atoms with Crippen molar-refractivity contribution in [3.05, 3.63) is 23.3 Å². The summed E-state index contributed by atoms with van der Waals surface area (Å²) in [6, 6.07) is 2.76. The summed E-state index contributed by atoms with van der Waals surface area (Å²) < 4.78 is 37.4. The van der Waals surface area contributed by atoms with Gasteiger partial charge >= 0.3 is 16.1 Å². The smallest absolute Gasteiger partial charge is 0.341 e. The highest BCUT2D eigenvalue weighted by molar-refractivity contribution is 7.86. The first-order chi connectivity index (χ1) is 9.73. The molecule has 0 bridgehead atoms. The van der Waals surface area contributed by atoms with Crippen LogP contribution in [0, 0.1) is 0 Å². The van der Waals surface area contributed by atoms with Gasteiger partial charge in [0.15, 0.2) is 5.75 Å². The Balaban J connectivity index is 2.55. The van der Waals surface area contributed by atoms with Crippen molar-refractivity contribution < 1.29 is 32.0 Å². The van der Waals surface area contributed by atoms with Gasteiger partial charge in [-0.05, 0) is 13.0 Å². The van der Waals surface area contributed by atoms with Gasteiger partial charge in [0.25, 0.3) is 0 Å². The molecule has 2 atom stereocenters. The molecule has 1 heterocycles. The van der Waals surface area contributed by atoms with E-state index in [4.69, 9.17) is 8.92 Å². The van der Waals surface area contributed by atoms with Gasteiger partial charge in [0.2, 0.25) is 0 Å². The van der Waals surface area contributed by atoms with E-state index in [1.54, 1.807) is 6.92 Å². The van der Waals surface area contributed by atoms with E-state index in [2.05, 4.69) is 4.74 Å². The zero-order valence-corrected chi connectivity index (χ0v) is 12.6. The molecule has 2 rings (SSSR count). The Labute approximate surface area is 122 Å². The molecule has 0 saturated carbocycles. The Morgan fingerprint density at radius 1 is 1.48 bits per heavy atom. The van der Waals surface area contributed by atoms with Crippen molar-refractivity contribution in [1.29, 1.82) is 0 Å². The van der Waals surface area contributed by atoms with Gasteiger partial charge < -0.3 is 18.8 Å². The predicted molar refractivity (Wildman–Crippen MR) is 73.2 cm³/mol. The SMILES string of the molecule is COC(=O)c1cc2c(cc1OS(C)(=O)=O)OCC2C(C)O. The zero-order chi connectivity index (χ0) is 15.8. The normalized spacial score (nSPS) is 18.6. The first kappa shape index (κ1) is 15.6. The number of methoxy groups -OCH3 is 1. The van der Waals surface area contributed by atoms with E-state index >= 15 is 0 Å². The second-order valence-corrected chi connectivity index (χ2v) is 6.40. The number of esters is 1. The summed E-state index contributed by atoms with van der Waals surface area (Å²) in [5.74, 6) is -0.801. The third-order valence-corrected chi connectivity index (χ3v) is 3.64. The van der Waals surface area contributed by atoms with Crippen molar-refractivity contribution >= 4 is 16.1 Å². The Morgan fingerprint density at radius 2 is 2.14 bits per heavy atom. The summed E-state index contributed by atoms with van der Waals surface area (Å²) in [6.45, 7) is 1.86. The first-order valence-electron chi connectivity index (χ1n) is 6.19. The van der Waals surface area contributed by atoms with Gasteiger partial charge in [0.1, 0.15) is 11.3 Å². The monoisotopic (exact) mass is 316 g/mol. The molecule has 0 fully saturated rings. The molecule has 0 radical (unpaired) electrons. The molecular weight excluding hydrogens is 300 g/mol. The Hall–Kier alpha value is -1.80. The number of hydrogen-bond donors (Lipinski definition) is 1. The number of rotatable bonds is 4. The van der Waals surface area contributed by atoms with Gasteiger partial charge in [-0.25, -0.2) is 4.79 Å². The molecule has 0 spiro atoms. The number of aliphatic hydroxyl groups excluding tert-OH is 1. The number of carbonyl (C=O) groups excluding carboxylic acids is 1. The van der Waals surface area contributed by atoms with Crippen LogP contribution in [0.15, 0.2) is 12.1 Å². The van der Waals surface area contributed by atoms with Gasteiger partial charge in [0.05, 0.1) is 26.1 Å². The fourth-order valence-electron chi connectivity index (χ4n) is 2.16. The third-order valence-electron chi connectivity index (χ3n) is 3.16. The first-order valence-corrected chi connectivity index (χ1v) is 8.01. The summed E-state index contributed by atoms with van der Waals surface area (Å²) in [4.78, 5) is 11.8. The molecule has 1 aliphatic rings. The molecule has 0 amide bonds. The molecule has 116 valence electrons. The molecule has 1 N–H and O–H groups in total. The number of hydrogen-bond acceptors (Lipinski definition) is 7. The fourth-order valence-corrected chi connectivity index (χ4v) is 2.63. The van der Waals surface area contributed by atoms with E-state index in [9.17, 15) is 18.3 Å². The summed E-state index contributed by atoms with van der Waals surface area (Å²) in [6.07, 6.45) is 0.208. The van der Waals surface area contributed by atoms with Crippen molar-refractivity contribution in [3.63, 3.8) is 0 Å². The number of benzene rings is 1.